The molecular formula is C12H19NO. The van der Waals surface area contributed by atoms with Crippen molar-refractivity contribution >= 4 is 5.91 Å². The Hall–Kier alpha value is -1.31. The van der Waals surface area contributed by atoms with Crippen molar-refractivity contribution in [1.29, 1.82) is 0 Å². The van der Waals surface area contributed by atoms with Gasteiger partial charge in [0, 0.05) is 13.0 Å². The summed E-state index contributed by atoms with van der Waals surface area (Å²) in [7, 11) is 0. The molecule has 0 fully saturated rings. The van der Waals surface area contributed by atoms with E-state index in [1.165, 1.54) is 5.56 Å². The van der Waals surface area contributed by atoms with Crippen LogP contribution < -0.4 is 5.32 Å². The first-order valence-electron chi connectivity index (χ1n) is 5.03. The van der Waals surface area contributed by atoms with Crippen LogP contribution in [0.2, 0.25) is 0 Å². The number of aryl methyl sites for hydroxylation is 1. The maximum absolute atomic E-state index is 11.5. The topological polar surface area (TPSA) is 29.1 Å². The SMILES string of the molecule is CCc1ccc(C(=O)NC(C)C)cc1.[HH]. The molecule has 0 aliphatic rings. The van der Waals surface area contributed by atoms with E-state index >= 15 is 0 Å². The van der Waals surface area contributed by atoms with Gasteiger partial charge in [0.1, 0.15) is 0 Å². The third kappa shape index (κ3) is 2.87. The third-order valence-electron chi connectivity index (χ3n) is 2.04. The van der Waals surface area contributed by atoms with Crippen LogP contribution in [-0.2, 0) is 6.42 Å². The van der Waals surface area contributed by atoms with Gasteiger partial charge in [-0.1, -0.05) is 19.1 Å². The van der Waals surface area contributed by atoms with Gasteiger partial charge in [0.05, 0.1) is 0 Å². The molecule has 14 heavy (non-hydrogen) atoms. The standard InChI is InChI=1S/C12H17NO.H2/c1-4-10-5-7-11(8-6-10)12(14)13-9(2)3;/h5-9H,4H2,1-3H3,(H,13,14);1H. The molecule has 0 saturated heterocycles. The van der Waals surface area contributed by atoms with Crippen molar-refractivity contribution in [2.45, 2.75) is 33.2 Å². The summed E-state index contributed by atoms with van der Waals surface area (Å²) >= 11 is 0. The molecule has 0 bridgehead atoms. The monoisotopic (exact) mass is 193 g/mol. The number of benzene rings is 1. The molecule has 0 unspecified atom stereocenters. The number of amides is 1. The van der Waals surface area contributed by atoms with Gasteiger partial charge >= 0.3 is 0 Å². The van der Waals surface area contributed by atoms with Crippen LogP contribution in [0.3, 0.4) is 0 Å². The van der Waals surface area contributed by atoms with Gasteiger partial charge < -0.3 is 5.32 Å². The molecule has 1 N–H and O–H groups in total. The molecule has 0 radical (unpaired) electrons. The Morgan fingerprint density at radius 2 is 1.93 bits per heavy atom. The van der Waals surface area contributed by atoms with Crippen molar-refractivity contribution in [3.05, 3.63) is 35.4 Å². The number of rotatable bonds is 3. The minimum Gasteiger partial charge on any atom is -0.350 e. The van der Waals surface area contributed by atoms with Crippen LogP contribution in [-0.4, -0.2) is 11.9 Å². The lowest BCUT2D eigenvalue weighted by Gasteiger charge is -2.08. The number of nitrogens with one attached hydrogen (secondary N) is 1. The van der Waals surface area contributed by atoms with E-state index < -0.39 is 0 Å². The highest BCUT2D eigenvalue weighted by molar-refractivity contribution is 5.94. The van der Waals surface area contributed by atoms with Crippen molar-refractivity contribution in [3.63, 3.8) is 0 Å². The average molecular weight is 193 g/mol. The lowest BCUT2D eigenvalue weighted by molar-refractivity contribution is 0.0943. The smallest absolute Gasteiger partial charge is 0.251 e. The highest BCUT2D eigenvalue weighted by Crippen LogP contribution is 2.05. The Morgan fingerprint density at radius 3 is 2.36 bits per heavy atom. The molecule has 0 aliphatic heterocycles. The summed E-state index contributed by atoms with van der Waals surface area (Å²) in [6, 6.07) is 7.92. The fourth-order valence-corrected chi connectivity index (χ4v) is 1.24. The van der Waals surface area contributed by atoms with Crippen molar-refractivity contribution in [3.8, 4) is 0 Å². The van der Waals surface area contributed by atoms with Crippen LogP contribution in [0, 0.1) is 0 Å². The summed E-state index contributed by atoms with van der Waals surface area (Å²) in [5.74, 6) is 0.00246. The fourth-order valence-electron chi connectivity index (χ4n) is 1.24. The Morgan fingerprint density at radius 1 is 1.36 bits per heavy atom. The second kappa shape index (κ2) is 4.80. The molecule has 0 heterocycles. The second-order valence-electron chi connectivity index (χ2n) is 3.68. The van der Waals surface area contributed by atoms with Crippen LogP contribution in [0.4, 0.5) is 0 Å². The van der Waals surface area contributed by atoms with E-state index in [-0.39, 0.29) is 13.4 Å². The summed E-state index contributed by atoms with van der Waals surface area (Å²) in [5, 5.41) is 2.86. The van der Waals surface area contributed by atoms with E-state index in [4.69, 9.17) is 0 Å². The van der Waals surface area contributed by atoms with Crippen LogP contribution >= 0.6 is 0 Å². The summed E-state index contributed by atoms with van der Waals surface area (Å²) in [6.45, 7) is 6.01. The van der Waals surface area contributed by atoms with Gasteiger partial charge in [0.15, 0.2) is 0 Å². The van der Waals surface area contributed by atoms with Gasteiger partial charge in [-0.2, -0.15) is 0 Å². The molecule has 0 aromatic heterocycles. The third-order valence-corrected chi connectivity index (χ3v) is 2.04. The zero-order valence-electron chi connectivity index (χ0n) is 9.00. The normalized spacial score (nSPS) is 10.3. The zero-order valence-corrected chi connectivity index (χ0v) is 9.00. The quantitative estimate of drug-likeness (QED) is 0.785. The highest BCUT2D eigenvalue weighted by atomic mass is 16.1. The lowest BCUT2D eigenvalue weighted by Crippen LogP contribution is -2.29. The van der Waals surface area contributed by atoms with E-state index in [9.17, 15) is 4.79 Å². The number of carbonyl (C=O) groups is 1. The largest absolute Gasteiger partial charge is 0.350 e. The number of hydrogen-bond acceptors (Lipinski definition) is 1. The van der Waals surface area contributed by atoms with Crippen molar-refractivity contribution < 1.29 is 6.22 Å². The zero-order chi connectivity index (χ0) is 10.6. The summed E-state index contributed by atoms with van der Waals surface area (Å²) < 4.78 is 0. The Kier molecular flexibility index (Phi) is 3.69. The molecule has 0 atom stereocenters. The minimum atomic E-state index is 0. The van der Waals surface area contributed by atoms with E-state index in [2.05, 4.69) is 12.2 Å². The van der Waals surface area contributed by atoms with Gasteiger partial charge in [-0.15, -0.1) is 0 Å². The van der Waals surface area contributed by atoms with E-state index in [0.717, 1.165) is 12.0 Å². The average Bonchev–Trinajstić information content (AvgIpc) is 2.17. The van der Waals surface area contributed by atoms with Crippen LogP contribution in [0.1, 0.15) is 38.1 Å². The van der Waals surface area contributed by atoms with E-state index in [1.807, 2.05) is 38.1 Å². The highest BCUT2D eigenvalue weighted by Gasteiger charge is 2.05. The Labute approximate surface area is 86.8 Å². The predicted octanol–water partition coefficient (Wildman–Crippen LogP) is 2.63. The molecule has 78 valence electrons. The summed E-state index contributed by atoms with van der Waals surface area (Å²) in [5.41, 5.74) is 1.99. The molecule has 0 saturated carbocycles. The molecular weight excluding hydrogens is 174 g/mol. The first-order chi connectivity index (χ1) is 6.63. The lowest BCUT2D eigenvalue weighted by atomic mass is 10.1. The summed E-state index contributed by atoms with van der Waals surface area (Å²) in [4.78, 5) is 11.5. The van der Waals surface area contributed by atoms with Gasteiger partial charge in [-0.3, -0.25) is 4.79 Å². The molecule has 0 aliphatic carbocycles. The predicted molar refractivity (Wildman–Crippen MR) is 60.5 cm³/mol. The molecule has 1 rings (SSSR count). The number of carbonyl (C=O) groups excluding carboxylic acids is 1. The van der Waals surface area contributed by atoms with Crippen molar-refractivity contribution in [2.24, 2.45) is 0 Å². The first-order valence-corrected chi connectivity index (χ1v) is 5.03. The van der Waals surface area contributed by atoms with Gasteiger partial charge in [-0.05, 0) is 38.0 Å². The number of hydrogen-bond donors (Lipinski definition) is 1. The van der Waals surface area contributed by atoms with Crippen molar-refractivity contribution in [1.82, 2.24) is 5.32 Å². The molecule has 1 aromatic carbocycles. The summed E-state index contributed by atoms with van der Waals surface area (Å²) in [6.07, 6.45) is 1.01. The van der Waals surface area contributed by atoms with Crippen LogP contribution in [0.25, 0.3) is 0 Å². The maximum atomic E-state index is 11.5. The fraction of sp³-hybridized carbons (Fsp3) is 0.417. The molecule has 1 amide bonds. The van der Waals surface area contributed by atoms with Crippen LogP contribution in [0.5, 0.6) is 0 Å². The second-order valence-corrected chi connectivity index (χ2v) is 3.68. The van der Waals surface area contributed by atoms with Crippen molar-refractivity contribution in [2.75, 3.05) is 0 Å². The van der Waals surface area contributed by atoms with E-state index in [0.29, 0.717) is 0 Å². The molecule has 0 spiro atoms. The van der Waals surface area contributed by atoms with Crippen LogP contribution in [0.15, 0.2) is 24.3 Å². The maximum Gasteiger partial charge on any atom is 0.251 e. The minimum absolute atomic E-state index is 0. The Bertz CT molecular complexity index is 306. The molecule has 2 heteroatoms. The van der Waals surface area contributed by atoms with Gasteiger partial charge in [-0.25, -0.2) is 0 Å². The van der Waals surface area contributed by atoms with Gasteiger partial charge in [0.25, 0.3) is 5.91 Å². The molecule has 2 nitrogen and oxygen atoms in total. The van der Waals surface area contributed by atoms with Gasteiger partial charge in [0.2, 0.25) is 0 Å². The Balaban J connectivity index is 0.00000196. The first kappa shape index (κ1) is 10.8. The van der Waals surface area contributed by atoms with E-state index in [1.54, 1.807) is 0 Å². The molecule has 1 aromatic rings.